The van der Waals surface area contributed by atoms with Gasteiger partial charge < -0.3 is 9.73 Å². The number of furan rings is 1. The molecule has 0 saturated carbocycles. The van der Waals surface area contributed by atoms with Gasteiger partial charge in [-0.15, -0.1) is 0 Å². The molecule has 0 saturated heterocycles. The van der Waals surface area contributed by atoms with E-state index >= 15 is 0 Å². The first kappa shape index (κ1) is 15.5. The second kappa shape index (κ2) is 7.28. The van der Waals surface area contributed by atoms with Gasteiger partial charge in [0.1, 0.15) is 5.76 Å². The summed E-state index contributed by atoms with van der Waals surface area (Å²) >= 11 is 2.07. The van der Waals surface area contributed by atoms with Gasteiger partial charge in [-0.1, -0.05) is 30.3 Å². The highest BCUT2D eigenvalue weighted by molar-refractivity contribution is 14.1. The summed E-state index contributed by atoms with van der Waals surface area (Å²) in [6.45, 7) is 0.144. The monoisotopic (exact) mass is 419 g/mol. The Balaban J connectivity index is 1.52. The van der Waals surface area contributed by atoms with E-state index in [0.717, 1.165) is 14.8 Å². The minimum Gasteiger partial charge on any atom is -0.449 e. The second-order valence-corrected chi connectivity index (χ2v) is 5.91. The third kappa shape index (κ3) is 4.32. The van der Waals surface area contributed by atoms with Gasteiger partial charge in [-0.05, 0) is 57.6 Å². The summed E-state index contributed by atoms with van der Waals surface area (Å²) in [4.78, 5) is 11.8. The quantitative estimate of drug-likeness (QED) is 0.378. The van der Waals surface area contributed by atoms with Crippen LogP contribution in [0.2, 0.25) is 0 Å². The van der Waals surface area contributed by atoms with Gasteiger partial charge in [0.05, 0.1) is 12.8 Å². The standard InChI is InChI=1S/C17H14IN3O2/c18-16-8-7-15(23-16)10-20-21-17(22)11-19-14-6-5-12-3-1-2-4-13(12)9-14/h1-10,19H,11H2,(H,21,22). The minimum atomic E-state index is -0.226. The first-order valence-corrected chi connectivity index (χ1v) is 8.08. The number of hydrogen-bond donors (Lipinski definition) is 2. The largest absolute Gasteiger partial charge is 0.449 e. The van der Waals surface area contributed by atoms with Gasteiger partial charge >= 0.3 is 0 Å². The van der Waals surface area contributed by atoms with Crippen LogP contribution in [0, 0.1) is 3.77 Å². The number of fused-ring (bicyclic) bond motifs is 1. The molecule has 23 heavy (non-hydrogen) atoms. The number of nitrogens with one attached hydrogen (secondary N) is 2. The molecule has 0 aliphatic heterocycles. The lowest BCUT2D eigenvalue weighted by Gasteiger charge is -2.06. The lowest BCUT2D eigenvalue weighted by atomic mass is 10.1. The van der Waals surface area contributed by atoms with Crippen LogP contribution in [-0.2, 0) is 4.79 Å². The van der Waals surface area contributed by atoms with E-state index in [4.69, 9.17) is 4.42 Å². The molecule has 0 aliphatic carbocycles. The molecule has 116 valence electrons. The van der Waals surface area contributed by atoms with Crippen molar-refractivity contribution in [1.82, 2.24) is 5.43 Å². The van der Waals surface area contributed by atoms with Crippen LogP contribution in [0.4, 0.5) is 5.69 Å². The molecule has 0 fully saturated rings. The van der Waals surface area contributed by atoms with E-state index < -0.39 is 0 Å². The maximum atomic E-state index is 11.8. The van der Waals surface area contributed by atoms with Crippen molar-refractivity contribution in [2.75, 3.05) is 11.9 Å². The van der Waals surface area contributed by atoms with E-state index in [1.807, 2.05) is 42.5 Å². The Bertz CT molecular complexity index is 858. The molecule has 2 aromatic carbocycles. The number of rotatable bonds is 5. The SMILES string of the molecule is O=C(CNc1ccc2ccccc2c1)NN=Cc1ccc(I)o1. The second-order valence-electron chi connectivity index (χ2n) is 4.85. The molecule has 6 heteroatoms. The van der Waals surface area contributed by atoms with Crippen molar-refractivity contribution in [2.45, 2.75) is 0 Å². The number of halogens is 1. The summed E-state index contributed by atoms with van der Waals surface area (Å²) in [6.07, 6.45) is 1.47. The van der Waals surface area contributed by atoms with E-state index in [9.17, 15) is 4.79 Å². The molecule has 0 atom stereocenters. The van der Waals surface area contributed by atoms with E-state index in [1.54, 1.807) is 6.07 Å². The van der Waals surface area contributed by atoms with Crippen LogP contribution in [0.5, 0.6) is 0 Å². The molecule has 0 aliphatic rings. The molecule has 2 N–H and O–H groups in total. The Labute approximate surface area is 146 Å². The molecule has 1 amide bonds. The topological polar surface area (TPSA) is 66.6 Å². The highest BCUT2D eigenvalue weighted by Gasteiger charge is 2.01. The summed E-state index contributed by atoms with van der Waals surface area (Å²) in [5.74, 6) is 0.368. The van der Waals surface area contributed by atoms with E-state index in [0.29, 0.717) is 5.76 Å². The van der Waals surface area contributed by atoms with E-state index in [2.05, 4.69) is 44.5 Å². The Morgan fingerprint density at radius 3 is 2.74 bits per heavy atom. The maximum absolute atomic E-state index is 11.8. The zero-order valence-corrected chi connectivity index (χ0v) is 14.3. The fourth-order valence-corrected chi connectivity index (χ4v) is 2.52. The highest BCUT2D eigenvalue weighted by atomic mass is 127. The lowest BCUT2D eigenvalue weighted by Crippen LogP contribution is -2.25. The fraction of sp³-hybridized carbons (Fsp3) is 0.0588. The third-order valence-corrected chi connectivity index (χ3v) is 3.76. The Morgan fingerprint density at radius 2 is 1.96 bits per heavy atom. The van der Waals surface area contributed by atoms with Crippen molar-refractivity contribution in [3.8, 4) is 0 Å². The van der Waals surface area contributed by atoms with Crippen LogP contribution >= 0.6 is 22.6 Å². The fourth-order valence-electron chi connectivity index (χ4n) is 2.09. The lowest BCUT2D eigenvalue weighted by molar-refractivity contribution is -0.119. The average Bonchev–Trinajstić information content (AvgIpc) is 2.98. The van der Waals surface area contributed by atoms with Gasteiger partial charge in [0.2, 0.25) is 0 Å². The van der Waals surface area contributed by atoms with E-state index in [1.165, 1.54) is 11.6 Å². The Hall–Kier alpha value is -2.35. The van der Waals surface area contributed by atoms with Crippen LogP contribution in [-0.4, -0.2) is 18.7 Å². The van der Waals surface area contributed by atoms with Gasteiger partial charge in [0.15, 0.2) is 3.77 Å². The molecular weight excluding hydrogens is 405 g/mol. The summed E-state index contributed by atoms with van der Waals surface area (Å²) in [7, 11) is 0. The van der Waals surface area contributed by atoms with Crippen molar-refractivity contribution in [1.29, 1.82) is 0 Å². The number of anilines is 1. The first-order chi connectivity index (χ1) is 11.2. The number of carbonyl (C=O) groups excluding carboxylic acids is 1. The summed E-state index contributed by atoms with van der Waals surface area (Å²) in [5, 5.41) is 9.23. The molecule has 0 bridgehead atoms. The smallest absolute Gasteiger partial charge is 0.259 e. The number of carbonyl (C=O) groups is 1. The van der Waals surface area contributed by atoms with Crippen LogP contribution in [0.1, 0.15) is 5.76 Å². The van der Waals surface area contributed by atoms with Crippen LogP contribution in [0.15, 0.2) is 64.1 Å². The molecule has 0 spiro atoms. The molecule has 1 aromatic heterocycles. The van der Waals surface area contributed by atoms with Crippen molar-refractivity contribution in [2.24, 2.45) is 5.10 Å². The molecule has 3 rings (SSSR count). The predicted octanol–water partition coefficient (Wildman–Crippen LogP) is 3.60. The van der Waals surface area contributed by atoms with Gasteiger partial charge in [-0.2, -0.15) is 5.10 Å². The number of benzene rings is 2. The Kier molecular flexibility index (Phi) is 4.92. The molecule has 0 unspecified atom stereocenters. The highest BCUT2D eigenvalue weighted by Crippen LogP contribution is 2.18. The van der Waals surface area contributed by atoms with Crippen molar-refractivity contribution >= 4 is 51.2 Å². The van der Waals surface area contributed by atoms with Crippen molar-refractivity contribution in [3.05, 3.63) is 64.1 Å². The Morgan fingerprint density at radius 1 is 1.13 bits per heavy atom. The molecular formula is C17H14IN3O2. The van der Waals surface area contributed by atoms with Gasteiger partial charge in [0.25, 0.3) is 5.91 Å². The number of hydrogen-bond acceptors (Lipinski definition) is 4. The minimum absolute atomic E-state index is 0.144. The molecule has 0 radical (unpaired) electrons. The van der Waals surface area contributed by atoms with Crippen LogP contribution in [0.25, 0.3) is 10.8 Å². The van der Waals surface area contributed by atoms with Crippen molar-refractivity contribution in [3.63, 3.8) is 0 Å². The third-order valence-electron chi connectivity index (χ3n) is 3.18. The number of amides is 1. The number of hydrazone groups is 1. The van der Waals surface area contributed by atoms with Gasteiger partial charge in [-0.3, -0.25) is 4.79 Å². The maximum Gasteiger partial charge on any atom is 0.259 e. The van der Waals surface area contributed by atoms with Gasteiger partial charge in [-0.25, -0.2) is 5.43 Å². The average molecular weight is 419 g/mol. The molecule has 5 nitrogen and oxygen atoms in total. The summed E-state index contributed by atoms with van der Waals surface area (Å²) in [6, 6.07) is 17.7. The number of nitrogens with zero attached hydrogens (tertiary/aromatic N) is 1. The summed E-state index contributed by atoms with van der Waals surface area (Å²) < 4.78 is 6.08. The zero-order valence-electron chi connectivity index (χ0n) is 12.1. The molecule has 3 aromatic rings. The van der Waals surface area contributed by atoms with Crippen LogP contribution < -0.4 is 10.7 Å². The predicted molar refractivity (Wildman–Crippen MR) is 99.6 cm³/mol. The van der Waals surface area contributed by atoms with Crippen LogP contribution in [0.3, 0.4) is 0 Å². The zero-order chi connectivity index (χ0) is 16.1. The normalized spacial score (nSPS) is 11.0. The summed E-state index contributed by atoms with van der Waals surface area (Å²) in [5.41, 5.74) is 3.35. The van der Waals surface area contributed by atoms with Gasteiger partial charge in [0, 0.05) is 5.69 Å². The van der Waals surface area contributed by atoms with Crippen molar-refractivity contribution < 1.29 is 9.21 Å². The van der Waals surface area contributed by atoms with E-state index in [-0.39, 0.29) is 12.5 Å². The molecule has 1 heterocycles. The first-order valence-electron chi connectivity index (χ1n) is 7.01.